The molecule has 1 saturated heterocycles. The Balaban J connectivity index is 1.49. The molecule has 0 bridgehead atoms. The van der Waals surface area contributed by atoms with Gasteiger partial charge in [-0.25, -0.2) is 4.98 Å². The van der Waals surface area contributed by atoms with Crippen LogP contribution in [0.25, 0.3) is 0 Å². The molecule has 4 nitrogen and oxygen atoms in total. The van der Waals surface area contributed by atoms with Crippen LogP contribution in [-0.2, 0) is 6.54 Å². The van der Waals surface area contributed by atoms with E-state index in [0.29, 0.717) is 0 Å². The maximum absolute atomic E-state index is 4.59. The van der Waals surface area contributed by atoms with E-state index < -0.39 is 0 Å². The van der Waals surface area contributed by atoms with E-state index >= 15 is 0 Å². The van der Waals surface area contributed by atoms with Gasteiger partial charge in [-0.15, -0.1) is 11.3 Å². The van der Waals surface area contributed by atoms with E-state index in [9.17, 15) is 0 Å². The molecule has 0 amide bonds. The standard InChI is InChI=1S/C14H24N4S/c1-2-5-15-10-13-11-16-14(19-13)18-8-6-17(7-9-18)12-3-4-12/h11-12,15H,2-10H2,1H3. The molecule has 0 spiro atoms. The van der Waals surface area contributed by atoms with E-state index in [1.807, 2.05) is 17.5 Å². The SMILES string of the molecule is CCCNCc1cnc(N2CCN(C3CC3)CC2)s1. The molecule has 5 heteroatoms. The number of nitrogens with one attached hydrogen (secondary N) is 1. The van der Waals surface area contributed by atoms with E-state index in [4.69, 9.17) is 0 Å². The summed E-state index contributed by atoms with van der Waals surface area (Å²) in [6, 6.07) is 0.909. The average Bonchev–Trinajstić information content (AvgIpc) is 3.19. The van der Waals surface area contributed by atoms with Crippen molar-refractivity contribution in [1.29, 1.82) is 0 Å². The van der Waals surface area contributed by atoms with Crippen LogP contribution in [0.5, 0.6) is 0 Å². The summed E-state index contributed by atoms with van der Waals surface area (Å²) < 4.78 is 0. The zero-order chi connectivity index (χ0) is 13.1. The van der Waals surface area contributed by atoms with Gasteiger partial charge in [-0.05, 0) is 25.8 Å². The molecule has 1 N–H and O–H groups in total. The Morgan fingerprint density at radius 3 is 2.79 bits per heavy atom. The maximum Gasteiger partial charge on any atom is 0.185 e. The molecule has 0 unspecified atom stereocenters. The first kappa shape index (κ1) is 13.3. The summed E-state index contributed by atoms with van der Waals surface area (Å²) in [5.41, 5.74) is 0. The van der Waals surface area contributed by atoms with Crippen molar-refractivity contribution in [2.75, 3.05) is 37.6 Å². The van der Waals surface area contributed by atoms with Gasteiger partial charge in [-0.3, -0.25) is 4.90 Å². The van der Waals surface area contributed by atoms with Gasteiger partial charge < -0.3 is 10.2 Å². The van der Waals surface area contributed by atoms with Crippen LogP contribution in [0.3, 0.4) is 0 Å². The fourth-order valence-corrected chi connectivity index (χ4v) is 3.56. The topological polar surface area (TPSA) is 31.4 Å². The zero-order valence-corrected chi connectivity index (χ0v) is 12.6. The number of piperazine rings is 1. The summed E-state index contributed by atoms with van der Waals surface area (Å²) in [6.45, 7) is 8.98. The van der Waals surface area contributed by atoms with Crippen molar-refractivity contribution < 1.29 is 0 Å². The Morgan fingerprint density at radius 2 is 2.11 bits per heavy atom. The van der Waals surface area contributed by atoms with Gasteiger partial charge in [0, 0.05) is 49.8 Å². The van der Waals surface area contributed by atoms with Crippen LogP contribution in [0.4, 0.5) is 5.13 Å². The Kier molecular flexibility index (Phi) is 4.35. The van der Waals surface area contributed by atoms with Crippen LogP contribution in [-0.4, -0.2) is 48.6 Å². The van der Waals surface area contributed by atoms with Crippen molar-refractivity contribution in [2.45, 2.75) is 38.8 Å². The van der Waals surface area contributed by atoms with Gasteiger partial charge in [-0.1, -0.05) is 6.92 Å². The molecule has 0 radical (unpaired) electrons. The third-order valence-corrected chi connectivity index (χ3v) is 4.97. The summed E-state index contributed by atoms with van der Waals surface area (Å²) in [6.07, 6.45) is 6.07. The molecule has 1 aromatic rings. The number of rotatable bonds is 6. The molecular formula is C14H24N4S. The van der Waals surface area contributed by atoms with E-state index in [1.54, 1.807) is 0 Å². The highest BCUT2D eigenvalue weighted by atomic mass is 32.1. The van der Waals surface area contributed by atoms with E-state index in [0.717, 1.165) is 32.2 Å². The minimum atomic E-state index is 0.909. The van der Waals surface area contributed by atoms with Gasteiger partial charge in [0.25, 0.3) is 0 Å². The smallest absolute Gasteiger partial charge is 0.185 e. The average molecular weight is 280 g/mol. The summed E-state index contributed by atoms with van der Waals surface area (Å²) in [7, 11) is 0. The maximum atomic E-state index is 4.59. The Bertz CT molecular complexity index is 394. The number of thiazole rings is 1. The highest BCUT2D eigenvalue weighted by Gasteiger charge is 2.31. The molecule has 2 aliphatic rings. The number of nitrogens with zero attached hydrogens (tertiary/aromatic N) is 3. The molecule has 106 valence electrons. The molecule has 0 aromatic carbocycles. The lowest BCUT2D eigenvalue weighted by Crippen LogP contribution is -2.47. The van der Waals surface area contributed by atoms with E-state index in [2.05, 4.69) is 27.0 Å². The molecule has 1 aromatic heterocycles. The van der Waals surface area contributed by atoms with Crippen molar-refractivity contribution in [3.63, 3.8) is 0 Å². The fourth-order valence-electron chi connectivity index (χ4n) is 2.63. The molecule has 1 aliphatic carbocycles. The lowest BCUT2D eigenvalue weighted by Gasteiger charge is -2.34. The van der Waals surface area contributed by atoms with Gasteiger partial charge >= 0.3 is 0 Å². The fraction of sp³-hybridized carbons (Fsp3) is 0.786. The van der Waals surface area contributed by atoms with Crippen LogP contribution >= 0.6 is 11.3 Å². The van der Waals surface area contributed by atoms with Crippen molar-refractivity contribution in [1.82, 2.24) is 15.2 Å². The van der Waals surface area contributed by atoms with E-state index in [1.165, 1.54) is 42.4 Å². The predicted molar refractivity (Wildman–Crippen MR) is 80.9 cm³/mol. The van der Waals surface area contributed by atoms with Gasteiger partial charge in [0.15, 0.2) is 5.13 Å². The molecule has 3 rings (SSSR count). The van der Waals surface area contributed by atoms with Crippen molar-refractivity contribution >= 4 is 16.5 Å². The quantitative estimate of drug-likeness (QED) is 0.807. The minimum Gasteiger partial charge on any atom is -0.346 e. The first-order valence-corrected chi connectivity index (χ1v) is 8.33. The molecule has 19 heavy (non-hydrogen) atoms. The summed E-state index contributed by atoms with van der Waals surface area (Å²) in [5, 5.41) is 4.65. The van der Waals surface area contributed by atoms with Crippen molar-refractivity contribution in [2.24, 2.45) is 0 Å². The normalized spacial score (nSPS) is 21.0. The highest BCUT2D eigenvalue weighted by molar-refractivity contribution is 7.15. The van der Waals surface area contributed by atoms with Crippen LogP contribution in [0.1, 0.15) is 31.1 Å². The lowest BCUT2D eigenvalue weighted by atomic mass is 10.3. The molecule has 2 heterocycles. The predicted octanol–water partition coefficient (Wildman–Crippen LogP) is 1.93. The van der Waals surface area contributed by atoms with Crippen LogP contribution in [0, 0.1) is 0 Å². The summed E-state index contributed by atoms with van der Waals surface area (Å²) >= 11 is 1.85. The van der Waals surface area contributed by atoms with Crippen LogP contribution < -0.4 is 10.2 Å². The zero-order valence-electron chi connectivity index (χ0n) is 11.8. The second-order valence-electron chi connectivity index (χ2n) is 5.54. The molecule has 0 atom stereocenters. The summed E-state index contributed by atoms with van der Waals surface area (Å²) in [5.74, 6) is 0. The van der Waals surface area contributed by atoms with E-state index in [-0.39, 0.29) is 0 Å². The third kappa shape index (κ3) is 3.46. The number of hydrogen-bond donors (Lipinski definition) is 1. The van der Waals surface area contributed by atoms with Crippen molar-refractivity contribution in [3.8, 4) is 0 Å². The molecule has 1 saturated carbocycles. The van der Waals surface area contributed by atoms with Gasteiger partial charge in [-0.2, -0.15) is 0 Å². The second-order valence-corrected chi connectivity index (χ2v) is 6.63. The van der Waals surface area contributed by atoms with Crippen LogP contribution in [0.2, 0.25) is 0 Å². The first-order chi connectivity index (χ1) is 9.36. The molecule has 1 aliphatic heterocycles. The summed E-state index contributed by atoms with van der Waals surface area (Å²) in [4.78, 5) is 11.0. The van der Waals surface area contributed by atoms with Gasteiger partial charge in [0.1, 0.15) is 0 Å². The number of aromatic nitrogens is 1. The highest BCUT2D eigenvalue weighted by Crippen LogP contribution is 2.29. The van der Waals surface area contributed by atoms with Gasteiger partial charge in [0.05, 0.1) is 0 Å². The monoisotopic (exact) mass is 280 g/mol. The van der Waals surface area contributed by atoms with Gasteiger partial charge in [0.2, 0.25) is 0 Å². The first-order valence-electron chi connectivity index (χ1n) is 7.51. The third-order valence-electron chi connectivity index (χ3n) is 3.92. The Hall–Kier alpha value is -0.650. The Morgan fingerprint density at radius 1 is 1.32 bits per heavy atom. The Labute approximate surface area is 119 Å². The second kappa shape index (κ2) is 6.20. The minimum absolute atomic E-state index is 0.909. The molecular weight excluding hydrogens is 256 g/mol. The van der Waals surface area contributed by atoms with Crippen LogP contribution in [0.15, 0.2) is 6.20 Å². The molecule has 2 fully saturated rings. The largest absolute Gasteiger partial charge is 0.346 e. The van der Waals surface area contributed by atoms with Crippen molar-refractivity contribution in [3.05, 3.63) is 11.1 Å². The number of hydrogen-bond acceptors (Lipinski definition) is 5. The number of anilines is 1. The lowest BCUT2D eigenvalue weighted by molar-refractivity contribution is 0.248.